The van der Waals surface area contributed by atoms with Crippen LogP contribution in [0.4, 0.5) is 0 Å². The van der Waals surface area contributed by atoms with Crippen molar-refractivity contribution < 1.29 is 19.2 Å². The summed E-state index contributed by atoms with van der Waals surface area (Å²) < 4.78 is 0. The zero-order chi connectivity index (χ0) is 20.5. The Balaban J connectivity index is 1.49. The number of hydrogen-bond acceptors (Lipinski definition) is 5. The van der Waals surface area contributed by atoms with E-state index in [1.165, 1.54) is 18.2 Å². The van der Waals surface area contributed by atoms with Gasteiger partial charge in [0.15, 0.2) is 0 Å². The second-order valence-corrected chi connectivity index (χ2v) is 9.52. The Morgan fingerprint density at radius 1 is 1.17 bits per heavy atom. The first-order valence-electron chi connectivity index (χ1n) is 10.7. The van der Waals surface area contributed by atoms with Gasteiger partial charge in [-0.2, -0.15) is 11.8 Å². The third-order valence-electron chi connectivity index (χ3n) is 6.74. The molecule has 0 aromatic rings. The van der Waals surface area contributed by atoms with Gasteiger partial charge in [0.2, 0.25) is 23.6 Å². The summed E-state index contributed by atoms with van der Waals surface area (Å²) in [6.07, 6.45) is 7.99. The van der Waals surface area contributed by atoms with Crippen LogP contribution >= 0.6 is 11.8 Å². The van der Waals surface area contributed by atoms with Gasteiger partial charge < -0.3 is 20.4 Å². The van der Waals surface area contributed by atoms with Crippen LogP contribution in [-0.2, 0) is 19.2 Å². The Hall–Kier alpha value is -1.77. The smallest absolute Gasteiger partial charge is 0.248 e. The van der Waals surface area contributed by atoms with Gasteiger partial charge in [-0.1, -0.05) is 19.3 Å². The number of carbonyl (C=O) groups is 4. The molecule has 4 aliphatic rings. The van der Waals surface area contributed by atoms with Gasteiger partial charge in [0.25, 0.3) is 0 Å². The van der Waals surface area contributed by atoms with Crippen molar-refractivity contribution in [1.29, 1.82) is 0 Å². The van der Waals surface area contributed by atoms with Crippen molar-refractivity contribution in [2.75, 3.05) is 25.1 Å². The summed E-state index contributed by atoms with van der Waals surface area (Å²) in [7, 11) is 0. The lowest BCUT2D eigenvalue weighted by molar-refractivity contribution is -0.147. The standard InChI is InChI=1S/C20H30N4O4S/c1-29-11-16(25)21-13-9-15-18(26)22-14-7-8-23(17(14)20(28)24(15)10-13)19(27)12-5-3-2-4-6-12/h12-15,17H,2-11H2,1H3,(H,21,25)(H,22,26). The van der Waals surface area contributed by atoms with Gasteiger partial charge in [0.05, 0.1) is 11.8 Å². The minimum absolute atomic E-state index is 0.00205. The van der Waals surface area contributed by atoms with Crippen LogP contribution in [0.25, 0.3) is 0 Å². The topological polar surface area (TPSA) is 98.8 Å². The molecule has 4 rings (SSSR count). The first kappa shape index (κ1) is 20.5. The fourth-order valence-electron chi connectivity index (χ4n) is 5.36. The highest BCUT2D eigenvalue weighted by Gasteiger charge is 2.52. The van der Waals surface area contributed by atoms with E-state index in [0.29, 0.717) is 31.7 Å². The number of nitrogens with zero attached hydrogens (tertiary/aromatic N) is 2. The number of rotatable bonds is 4. The summed E-state index contributed by atoms with van der Waals surface area (Å²) >= 11 is 1.44. The van der Waals surface area contributed by atoms with Crippen LogP contribution in [0, 0.1) is 5.92 Å². The second kappa shape index (κ2) is 8.53. The maximum absolute atomic E-state index is 13.4. The zero-order valence-corrected chi connectivity index (χ0v) is 17.7. The lowest BCUT2D eigenvalue weighted by Gasteiger charge is -2.32. The monoisotopic (exact) mass is 422 g/mol. The number of carbonyl (C=O) groups excluding carboxylic acids is 4. The van der Waals surface area contributed by atoms with Crippen LogP contribution < -0.4 is 10.6 Å². The number of fused-ring (bicyclic) bond motifs is 2. The van der Waals surface area contributed by atoms with Gasteiger partial charge in [-0.05, 0) is 31.9 Å². The highest BCUT2D eigenvalue weighted by Crippen LogP contribution is 2.32. The molecule has 3 saturated heterocycles. The van der Waals surface area contributed by atoms with Crippen molar-refractivity contribution in [3.63, 3.8) is 0 Å². The van der Waals surface area contributed by atoms with Gasteiger partial charge in [-0.15, -0.1) is 0 Å². The molecule has 160 valence electrons. The molecule has 8 nitrogen and oxygen atoms in total. The molecule has 0 bridgehead atoms. The van der Waals surface area contributed by atoms with Crippen LogP contribution in [0.5, 0.6) is 0 Å². The zero-order valence-electron chi connectivity index (χ0n) is 16.9. The molecule has 4 amide bonds. The molecule has 1 aliphatic carbocycles. The molecule has 0 radical (unpaired) electrons. The summed E-state index contributed by atoms with van der Waals surface area (Å²) in [5, 5.41) is 5.95. The Morgan fingerprint density at radius 2 is 1.93 bits per heavy atom. The van der Waals surface area contributed by atoms with E-state index >= 15 is 0 Å². The lowest BCUT2D eigenvalue weighted by atomic mass is 9.88. The van der Waals surface area contributed by atoms with Crippen molar-refractivity contribution in [3.8, 4) is 0 Å². The average molecular weight is 423 g/mol. The van der Waals surface area contributed by atoms with Crippen LogP contribution in [0.3, 0.4) is 0 Å². The van der Waals surface area contributed by atoms with E-state index < -0.39 is 12.1 Å². The third-order valence-corrected chi connectivity index (χ3v) is 7.29. The van der Waals surface area contributed by atoms with Gasteiger partial charge in [0, 0.05) is 25.0 Å². The first-order chi connectivity index (χ1) is 14.0. The average Bonchev–Trinajstić information content (AvgIpc) is 3.30. The number of hydrogen-bond donors (Lipinski definition) is 2. The molecule has 3 heterocycles. The number of thioether (sulfide) groups is 1. The summed E-state index contributed by atoms with van der Waals surface area (Å²) in [5.41, 5.74) is 0. The summed E-state index contributed by atoms with van der Waals surface area (Å²) in [6.45, 7) is 0.842. The van der Waals surface area contributed by atoms with Gasteiger partial charge in [-0.25, -0.2) is 0 Å². The van der Waals surface area contributed by atoms with Crippen molar-refractivity contribution >= 4 is 35.4 Å². The van der Waals surface area contributed by atoms with Gasteiger partial charge in [-0.3, -0.25) is 19.2 Å². The minimum atomic E-state index is -0.612. The number of nitrogens with one attached hydrogen (secondary N) is 2. The fraction of sp³-hybridized carbons (Fsp3) is 0.800. The SMILES string of the molecule is CSCC(=O)NC1CC2C(=O)NC3CCN(C(=O)C4CCCCC4)C3C(=O)N2C1. The Morgan fingerprint density at radius 3 is 2.66 bits per heavy atom. The minimum Gasteiger partial charge on any atom is -0.351 e. The fourth-order valence-corrected chi connectivity index (χ4v) is 5.71. The molecule has 29 heavy (non-hydrogen) atoms. The molecule has 3 aliphatic heterocycles. The number of likely N-dealkylation sites (tertiary alicyclic amines) is 1. The molecular formula is C20H30N4O4S. The maximum atomic E-state index is 13.4. The lowest BCUT2D eigenvalue weighted by Crippen LogP contribution is -2.53. The second-order valence-electron chi connectivity index (χ2n) is 8.65. The largest absolute Gasteiger partial charge is 0.351 e. The molecule has 4 unspecified atom stereocenters. The molecule has 0 spiro atoms. The highest BCUT2D eigenvalue weighted by molar-refractivity contribution is 7.99. The molecule has 4 fully saturated rings. The Kier molecular flexibility index (Phi) is 6.03. The molecule has 0 aromatic heterocycles. The van der Waals surface area contributed by atoms with Gasteiger partial charge >= 0.3 is 0 Å². The number of amides is 4. The van der Waals surface area contributed by atoms with Crippen LogP contribution in [-0.4, -0.2) is 82.7 Å². The van der Waals surface area contributed by atoms with E-state index in [9.17, 15) is 19.2 Å². The maximum Gasteiger partial charge on any atom is 0.248 e. The first-order valence-corrected chi connectivity index (χ1v) is 12.1. The van der Waals surface area contributed by atoms with Crippen LogP contribution in [0.1, 0.15) is 44.9 Å². The highest BCUT2D eigenvalue weighted by atomic mass is 32.2. The van der Waals surface area contributed by atoms with Crippen molar-refractivity contribution in [2.45, 2.75) is 69.1 Å². The molecule has 2 N–H and O–H groups in total. The summed E-state index contributed by atoms with van der Waals surface area (Å²) in [6, 6.07) is -1.72. The van der Waals surface area contributed by atoms with E-state index in [4.69, 9.17) is 0 Å². The molecule has 4 atom stereocenters. The molecular weight excluding hydrogens is 392 g/mol. The van der Waals surface area contributed by atoms with E-state index in [0.717, 1.165) is 25.7 Å². The van der Waals surface area contributed by atoms with E-state index in [1.54, 1.807) is 9.80 Å². The molecule has 1 saturated carbocycles. The van der Waals surface area contributed by atoms with Crippen molar-refractivity contribution in [2.24, 2.45) is 5.92 Å². The Labute approximate surface area is 175 Å². The summed E-state index contributed by atoms with van der Waals surface area (Å²) in [4.78, 5) is 54.6. The van der Waals surface area contributed by atoms with Crippen LogP contribution in [0.2, 0.25) is 0 Å². The van der Waals surface area contributed by atoms with Crippen molar-refractivity contribution in [1.82, 2.24) is 20.4 Å². The normalized spacial score (nSPS) is 32.4. The molecule has 9 heteroatoms. The van der Waals surface area contributed by atoms with E-state index in [-0.39, 0.29) is 41.6 Å². The quantitative estimate of drug-likeness (QED) is 0.670. The Bertz CT molecular complexity index is 696. The van der Waals surface area contributed by atoms with E-state index in [2.05, 4.69) is 10.6 Å². The van der Waals surface area contributed by atoms with Gasteiger partial charge in [0.1, 0.15) is 12.1 Å². The van der Waals surface area contributed by atoms with Crippen LogP contribution in [0.15, 0.2) is 0 Å². The predicted molar refractivity (Wildman–Crippen MR) is 109 cm³/mol. The summed E-state index contributed by atoms with van der Waals surface area (Å²) in [5.74, 6) is 0.0294. The van der Waals surface area contributed by atoms with E-state index in [1.807, 2.05) is 6.26 Å². The molecule has 0 aromatic carbocycles. The van der Waals surface area contributed by atoms with Crippen molar-refractivity contribution in [3.05, 3.63) is 0 Å². The predicted octanol–water partition coefficient (Wildman–Crippen LogP) is 0.115. The third kappa shape index (κ3) is 3.98.